The predicted octanol–water partition coefficient (Wildman–Crippen LogP) is 2.08. The molecule has 39 heavy (non-hydrogen) atoms. The second kappa shape index (κ2) is 13.4. The topological polar surface area (TPSA) is 175 Å². The first-order valence-corrected chi connectivity index (χ1v) is 14.9. The molecular weight excluding hydrogens is 584 g/mol. The van der Waals surface area contributed by atoms with Gasteiger partial charge in [0.15, 0.2) is 11.3 Å². The average molecular weight is 618 g/mol. The summed E-state index contributed by atoms with van der Waals surface area (Å²) in [5.41, 5.74) is -2.40. The SMILES string of the molecule is CC(C)OC(=O)C(C)NP(=O)(OCCSC(=O)C(C)(C)C)OCC1OC(n2ccc(=O)[nH]c2=O)C(F)(Cl)C1O. The molecule has 13 nitrogen and oxygen atoms in total. The Morgan fingerprint density at radius 2 is 1.97 bits per heavy atom. The van der Waals surface area contributed by atoms with Gasteiger partial charge in [0, 0.05) is 23.4 Å². The number of aromatic amines is 1. The van der Waals surface area contributed by atoms with Gasteiger partial charge < -0.3 is 14.6 Å². The van der Waals surface area contributed by atoms with Gasteiger partial charge in [0.25, 0.3) is 10.7 Å². The van der Waals surface area contributed by atoms with E-state index in [2.05, 4.69) is 5.09 Å². The molecule has 6 atom stereocenters. The van der Waals surface area contributed by atoms with E-state index in [1.807, 2.05) is 4.98 Å². The van der Waals surface area contributed by atoms with Crippen molar-refractivity contribution in [3.05, 3.63) is 33.1 Å². The lowest BCUT2D eigenvalue weighted by atomic mass is 10.00. The highest BCUT2D eigenvalue weighted by atomic mass is 35.5. The van der Waals surface area contributed by atoms with E-state index in [-0.39, 0.29) is 17.5 Å². The van der Waals surface area contributed by atoms with Crippen LogP contribution in [0, 0.1) is 5.41 Å². The third kappa shape index (κ3) is 9.22. The second-order valence-corrected chi connectivity index (χ2v) is 13.4. The van der Waals surface area contributed by atoms with Gasteiger partial charge >= 0.3 is 19.4 Å². The van der Waals surface area contributed by atoms with Crippen molar-refractivity contribution in [3.63, 3.8) is 0 Å². The average Bonchev–Trinajstić information content (AvgIpc) is 3.03. The number of nitrogens with zero attached hydrogens (tertiary/aromatic N) is 1. The van der Waals surface area contributed by atoms with Crippen LogP contribution in [0.4, 0.5) is 4.39 Å². The van der Waals surface area contributed by atoms with Crippen molar-refractivity contribution in [2.75, 3.05) is 19.0 Å². The molecule has 1 aliphatic rings. The number of carbonyl (C=O) groups excluding carboxylic acids is 2. The molecule has 17 heteroatoms. The van der Waals surface area contributed by atoms with E-state index in [1.54, 1.807) is 34.6 Å². The minimum absolute atomic E-state index is 0.102. The summed E-state index contributed by atoms with van der Waals surface area (Å²) in [6.45, 7) is 8.83. The van der Waals surface area contributed by atoms with Gasteiger partial charge in [-0.1, -0.05) is 44.1 Å². The Balaban J connectivity index is 2.16. The summed E-state index contributed by atoms with van der Waals surface area (Å²) in [7, 11) is -4.35. The molecule has 0 saturated carbocycles. The van der Waals surface area contributed by atoms with Crippen LogP contribution in [0.2, 0.25) is 0 Å². The third-order valence-corrected chi connectivity index (χ3v) is 8.51. The van der Waals surface area contributed by atoms with E-state index in [0.717, 1.165) is 24.0 Å². The largest absolute Gasteiger partial charge is 0.462 e. The second-order valence-electron chi connectivity index (χ2n) is 10.0. The Morgan fingerprint density at radius 1 is 1.33 bits per heavy atom. The van der Waals surface area contributed by atoms with Crippen LogP contribution in [0.1, 0.15) is 47.8 Å². The van der Waals surface area contributed by atoms with Gasteiger partial charge in [-0.3, -0.25) is 33.0 Å². The van der Waals surface area contributed by atoms with Gasteiger partial charge in [0.05, 0.1) is 19.3 Å². The Morgan fingerprint density at radius 3 is 2.54 bits per heavy atom. The van der Waals surface area contributed by atoms with Crippen LogP contribution in [-0.2, 0) is 32.7 Å². The molecule has 0 amide bonds. The van der Waals surface area contributed by atoms with Crippen LogP contribution in [0.25, 0.3) is 0 Å². The molecule has 0 aromatic carbocycles. The van der Waals surface area contributed by atoms with Gasteiger partial charge in [-0.2, -0.15) is 0 Å². The van der Waals surface area contributed by atoms with Crippen LogP contribution in [0.5, 0.6) is 0 Å². The smallest absolute Gasteiger partial charge is 0.406 e. The zero-order valence-corrected chi connectivity index (χ0v) is 24.8. The van der Waals surface area contributed by atoms with Crippen molar-refractivity contribution in [1.82, 2.24) is 14.6 Å². The molecule has 3 N–H and O–H groups in total. The van der Waals surface area contributed by atoms with Gasteiger partial charge in [-0.05, 0) is 20.8 Å². The number of thioether (sulfide) groups is 1. The van der Waals surface area contributed by atoms with Crippen molar-refractivity contribution in [3.8, 4) is 0 Å². The highest BCUT2D eigenvalue weighted by Gasteiger charge is 2.58. The maximum atomic E-state index is 15.2. The van der Waals surface area contributed by atoms with Crippen molar-refractivity contribution in [1.29, 1.82) is 0 Å². The molecule has 0 bridgehead atoms. The molecule has 0 aliphatic carbocycles. The molecule has 0 radical (unpaired) electrons. The lowest BCUT2D eigenvalue weighted by Crippen LogP contribution is -2.42. The number of rotatable bonds is 12. The fraction of sp³-hybridized carbons (Fsp3) is 0.727. The monoisotopic (exact) mass is 617 g/mol. The van der Waals surface area contributed by atoms with E-state index >= 15 is 4.39 Å². The van der Waals surface area contributed by atoms with E-state index in [9.17, 15) is 28.8 Å². The standard InChI is InChI=1S/C22H34ClFN3O10PS/c1-12(2)36-17(30)13(3)26-38(33,34-9-10-39-19(31)21(4,5)6)35-11-14-16(29)22(23,24)18(37-14)27-8-7-15(28)25-20(27)32/h7-8,12-14,16,18,29H,9-11H2,1-6H3,(H,26,33)(H,25,28,32). The Kier molecular flexibility index (Phi) is 11.5. The first-order chi connectivity index (χ1) is 17.9. The molecule has 222 valence electrons. The first-order valence-electron chi connectivity index (χ1n) is 11.9. The van der Waals surface area contributed by atoms with Crippen molar-refractivity contribution in [2.24, 2.45) is 5.41 Å². The van der Waals surface area contributed by atoms with E-state index < -0.39 is 72.7 Å². The molecule has 1 aromatic rings. The zero-order valence-electron chi connectivity index (χ0n) is 22.3. The third-order valence-electron chi connectivity index (χ3n) is 5.14. The predicted molar refractivity (Wildman–Crippen MR) is 141 cm³/mol. The Bertz CT molecular complexity index is 1190. The van der Waals surface area contributed by atoms with E-state index in [0.29, 0.717) is 4.57 Å². The Labute approximate surface area is 233 Å². The summed E-state index contributed by atoms with van der Waals surface area (Å²) < 4.78 is 50.6. The van der Waals surface area contributed by atoms with Gasteiger partial charge in [-0.25, -0.2) is 18.8 Å². The fourth-order valence-corrected chi connectivity index (χ4v) is 5.82. The van der Waals surface area contributed by atoms with Crippen LogP contribution in [0.3, 0.4) is 0 Å². The normalized spacial score (nSPS) is 25.8. The van der Waals surface area contributed by atoms with Gasteiger partial charge in [-0.15, -0.1) is 0 Å². The number of esters is 1. The molecule has 1 saturated heterocycles. The maximum absolute atomic E-state index is 15.2. The number of ether oxygens (including phenoxy) is 2. The van der Waals surface area contributed by atoms with Crippen LogP contribution >= 0.6 is 31.1 Å². The maximum Gasteiger partial charge on any atom is 0.406 e. The number of alkyl halides is 2. The highest BCUT2D eigenvalue weighted by Crippen LogP contribution is 2.48. The molecule has 2 rings (SSSR count). The molecule has 1 aromatic heterocycles. The summed E-state index contributed by atoms with van der Waals surface area (Å²) in [5, 5.41) is 9.70. The van der Waals surface area contributed by atoms with E-state index in [4.69, 9.17) is 30.1 Å². The fourth-order valence-electron chi connectivity index (χ4n) is 3.13. The summed E-state index contributed by atoms with van der Waals surface area (Å²) >= 11 is 6.81. The molecule has 2 heterocycles. The minimum atomic E-state index is -4.35. The van der Waals surface area contributed by atoms with E-state index in [1.165, 1.54) is 6.92 Å². The van der Waals surface area contributed by atoms with Crippen LogP contribution in [-0.4, -0.2) is 74.2 Å². The number of aliphatic hydroxyl groups excluding tert-OH is 1. The number of aromatic nitrogens is 2. The van der Waals surface area contributed by atoms with Crippen molar-refractivity contribution >= 4 is 42.2 Å². The highest BCUT2D eigenvalue weighted by molar-refractivity contribution is 8.13. The lowest BCUT2D eigenvalue weighted by molar-refractivity contribution is -0.149. The molecule has 1 aliphatic heterocycles. The van der Waals surface area contributed by atoms with Gasteiger partial charge in [0.1, 0.15) is 18.2 Å². The molecule has 0 spiro atoms. The van der Waals surface area contributed by atoms with Crippen LogP contribution < -0.4 is 16.3 Å². The van der Waals surface area contributed by atoms with Crippen molar-refractivity contribution in [2.45, 2.75) is 77.3 Å². The number of hydrogen-bond acceptors (Lipinski definition) is 11. The molecule has 1 fully saturated rings. The lowest BCUT2D eigenvalue weighted by Gasteiger charge is -2.25. The number of aliphatic hydroxyl groups is 1. The summed E-state index contributed by atoms with van der Waals surface area (Å²) in [5.74, 6) is -0.654. The first kappa shape index (κ1) is 33.6. The van der Waals surface area contributed by atoms with Crippen LogP contribution in [0.15, 0.2) is 21.9 Å². The summed E-state index contributed by atoms with van der Waals surface area (Å²) in [6, 6.07) is -0.239. The zero-order chi connectivity index (χ0) is 29.8. The number of halogens is 2. The quantitative estimate of drug-likeness (QED) is 0.135. The van der Waals surface area contributed by atoms with Crippen molar-refractivity contribution < 1.29 is 42.2 Å². The summed E-state index contributed by atoms with van der Waals surface area (Å²) in [6.07, 6.45) is -5.02. The number of H-pyrrole nitrogens is 1. The molecular formula is C22H34ClFN3O10PS. The minimum Gasteiger partial charge on any atom is -0.462 e. The summed E-state index contributed by atoms with van der Waals surface area (Å²) in [4.78, 5) is 49.8. The molecule has 6 unspecified atom stereocenters. The Hall–Kier alpha value is -1.58. The number of hydrogen-bond donors (Lipinski definition) is 3. The number of nitrogens with one attached hydrogen (secondary N) is 2. The number of carbonyl (C=O) groups is 2. The van der Waals surface area contributed by atoms with Gasteiger partial charge in [0.2, 0.25) is 0 Å².